The van der Waals surface area contributed by atoms with Crippen LogP contribution >= 0.6 is 11.6 Å². The van der Waals surface area contributed by atoms with E-state index in [1.807, 2.05) is 0 Å². The van der Waals surface area contributed by atoms with E-state index in [1.54, 1.807) is 24.3 Å². The fourth-order valence-corrected chi connectivity index (χ4v) is 1.30. The minimum atomic E-state index is 0.156. The third kappa shape index (κ3) is 2.92. The third-order valence-corrected chi connectivity index (χ3v) is 2.24. The molecular weight excluding hydrogens is 240 g/mol. The van der Waals surface area contributed by atoms with Crippen LogP contribution in [-0.4, -0.2) is 21.3 Å². The number of nitrogens with zero attached hydrogens (tertiary/aromatic N) is 3. The molecule has 0 spiro atoms. The van der Waals surface area contributed by atoms with Crippen LogP contribution in [0.1, 0.15) is 5.56 Å². The number of aromatic nitrogens is 2. The van der Waals surface area contributed by atoms with E-state index in [1.165, 1.54) is 18.6 Å². The molecular formula is C11H9ClN4O. The van der Waals surface area contributed by atoms with E-state index in [0.717, 1.165) is 0 Å². The number of rotatable bonds is 3. The summed E-state index contributed by atoms with van der Waals surface area (Å²) in [7, 11) is 0. The summed E-state index contributed by atoms with van der Waals surface area (Å²) >= 11 is 5.78. The van der Waals surface area contributed by atoms with Crippen molar-refractivity contribution in [2.24, 2.45) is 5.10 Å². The van der Waals surface area contributed by atoms with Gasteiger partial charge >= 0.3 is 0 Å². The first-order valence-electron chi connectivity index (χ1n) is 4.81. The molecule has 2 rings (SSSR count). The average molecular weight is 249 g/mol. The van der Waals surface area contributed by atoms with Crippen LogP contribution in [0.3, 0.4) is 0 Å². The highest BCUT2D eigenvalue weighted by atomic mass is 35.5. The van der Waals surface area contributed by atoms with E-state index in [2.05, 4.69) is 20.5 Å². The topological polar surface area (TPSA) is 70.4 Å². The zero-order chi connectivity index (χ0) is 12.1. The SMILES string of the molecule is Oc1ccccc1/C=N/Nc1nccnc1Cl. The van der Waals surface area contributed by atoms with E-state index in [9.17, 15) is 5.11 Å². The van der Waals surface area contributed by atoms with Crippen LogP contribution in [0.25, 0.3) is 0 Å². The van der Waals surface area contributed by atoms with Crippen LogP contribution in [0.5, 0.6) is 5.75 Å². The Morgan fingerprint density at radius 3 is 2.76 bits per heavy atom. The highest BCUT2D eigenvalue weighted by molar-refractivity contribution is 6.31. The Labute approximate surface area is 103 Å². The molecule has 2 N–H and O–H groups in total. The molecule has 5 nitrogen and oxygen atoms in total. The standard InChI is InChI=1S/C11H9ClN4O/c12-10-11(14-6-5-13-10)16-15-7-8-3-1-2-4-9(8)17/h1-7,17H,(H,14,16)/b15-7+. The molecule has 0 fully saturated rings. The summed E-state index contributed by atoms with van der Waals surface area (Å²) in [6, 6.07) is 6.85. The van der Waals surface area contributed by atoms with Gasteiger partial charge in [0.05, 0.1) is 6.21 Å². The smallest absolute Gasteiger partial charge is 0.184 e. The monoisotopic (exact) mass is 248 g/mol. The number of aromatic hydroxyl groups is 1. The van der Waals surface area contributed by atoms with Crippen LogP contribution < -0.4 is 5.43 Å². The first kappa shape index (κ1) is 11.3. The van der Waals surface area contributed by atoms with Crippen molar-refractivity contribution in [1.82, 2.24) is 9.97 Å². The Balaban J connectivity index is 2.09. The molecule has 0 unspecified atom stereocenters. The molecule has 0 bridgehead atoms. The zero-order valence-corrected chi connectivity index (χ0v) is 9.46. The van der Waals surface area contributed by atoms with E-state index < -0.39 is 0 Å². The van der Waals surface area contributed by atoms with Crippen LogP contribution in [0.2, 0.25) is 5.15 Å². The fraction of sp³-hybridized carbons (Fsp3) is 0. The van der Waals surface area contributed by atoms with Crippen molar-refractivity contribution in [2.75, 3.05) is 5.43 Å². The molecule has 0 atom stereocenters. The maximum Gasteiger partial charge on any atom is 0.184 e. The first-order valence-corrected chi connectivity index (χ1v) is 5.19. The van der Waals surface area contributed by atoms with Gasteiger partial charge in [0.25, 0.3) is 0 Å². The lowest BCUT2D eigenvalue weighted by atomic mass is 10.2. The van der Waals surface area contributed by atoms with E-state index in [-0.39, 0.29) is 10.9 Å². The first-order chi connectivity index (χ1) is 8.27. The van der Waals surface area contributed by atoms with E-state index in [4.69, 9.17) is 11.6 Å². The van der Waals surface area contributed by atoms with Crippen molar-refractivity contribution in [2.45, 2.75) is 0 Å². The highest BCUT2D eigenvalue weighted by Gasteiger charge is 1.99. The number of benzene rings is 1. The number of para-hydroxylation sites is 1. The zero-order valence-electron chi connectivity index (χ0n) is 8.71. The molecule has 0 amide bonds. The molecule has 1 heterocycles. The van der Waals surface area contributed by atoms with Crippen LogP contribution in [-0.2, 0) is 0 Å². The average Bonchev–Trinajstić information content (AvgIpc) is 2.34. The predicted molar refractivity (Wildman–Crippen MR) is 66.4 cm³/mol. The van der Waals surface area contributed by atoms with Crippen LogP contribution in [0.4, 0.5) is 5.82 Å². The number of phenolic OH excluding ortho intramolecular Hbond substituents is 1. The quantitative estimate of drug-likeness (QED) is 0.646. The number of hydrogen-bond acceptors (Lipinski definition) is 5. The fourth-order valence-electron chi connectivity index (χ4n) is 1.16. The van der Waals surface area contributed by atoms with Crippen molar-refractivity contribution < 1.29 is 5.11 Å². The molecule has 17 heavy (non-hydrogen) atoms. The Kier molecular flexibility index (Phi) is 3.52. The lowest BCUT2D eigenvalue weighted by Crippen LogP contribution is -1.95. The second-order valence-corrected chi connectivity index (χ2v) is 3.48. The number of phenols is 1. The summed E-state index contributed by atoms with van der Waals surface area (Å²) in [5.74, 6) is 0.518. The van der Waals surface area contributed by atoms with Gasteiger partial charge in [0, 0.05) is 18.0 Å². The van der Waals surface area contributed by atoms with Crippen molar-refractivity contribution in [3.63, 3.8) is 0 Å². The Morgan fingerprint density at radius 1 is 1.24 bits per heavy atom. The normalized spacial score (nSPS) is 10.6. The molecule has 0 aliphatic rings. The molecule has 0 saturated heterocycles. The molecule has 1 aromatic heterocycles. The number of anilines is 1. The maximum atomic E-state index is 9.49. The van der Waals surface area contributed by atoms with Gasteiger partial charge in [-0.05, 0) is 12.1 Å². The summed E-state index contributed by atoms with van der Waals surface area (Å²) in [4.78, 5) is 7.79. The second-order valence-electron chi connectivity index (χ2n) is 3.12. The largest absolute Gasteiger partial charge is 0.507 e. The van der Waals surface area contributed by atoms with Crippen molar-refractivity contribution >= 4 is 23.6 Å². The van der Waals surface area contributed by atoms with Crippen LogP contribution in [0, 0.1) is 0 Å². The lowest BCUT2D eigenvalue weighted by molar-refractivity contribution is 0.474. The summed E-state index contributed by atoms with van der Waals surface area (Å²) in [5.41, 5.74) is 3.24. The number of nitrogens with one attached hydrogen (secondary N) is 1. The van der Waals surface area contributed by atoms with Gasteiger partial charge < -0.3 is 5.11 Å². The Morgan fingerprint density at radius 2 is 2.00 bits per heavy atom. The third-order valence-electron chi connectivity index (χ3n) is 1.96. The lowest BCUT2D eigenvalue weighted by Gasteiger charge is -2.00. The summed E-state index contributed by atoms with van der Waals surface area (Å²) < 4.78 is 0. The van der Waals surface area contributed by atoms with Gasteiger partial charge in [-0.25, -0.2) is 9.97 Å². The molecule has 86 valence electrons. The molecule has 0 saturated carbocycles. The van der Waals surface area contributed by atoms with Gasteiger partial charge in [-0.3, -0.25) is 5.43 Å². The molecule has 0 aliphatic carbocycles. The van der Waals surface area contributed by atoms with Gasteiger partial charge in [0.2, 0.25) is 0 Å². The molecule has 6 heteroatoms. The van der Waals surface area contributed by atoms with Crippen LogP contribution in [0.15, 0.2) is 41.8 Å². The number of hydrogen-bond donors (Lipinski definition) is 2. The minimum Gasteiger partial charge on any atom is -0.507 e. The van der Waals surface area contributed by atoms with Crippen molar-refractivity contribution in [3.05, 3.63) is 47.4 Å². The minimum absolute atomic E-state index is 0.156. The van der Waals surface area contributed by atoms with Gasteiger partial charge in [-0.15, -0.1) is 0 Å². The van der Waals surface area contributed by atoms with Gasteiger partial charge in [0.1, 0.15) is 5.75 Å². The summed E-state index contributed by atoms with van der Waals surface area (Å²) in [6.07, 6.45) is 4.46. The van der Waals surface area contributed by atoms with Gasteiger partial charge in [-0.1, -0.05) is 23.7 Å². The molecule has 2 aromatic rings. The number of halogens is 1. The second kappa shape index (κ2) is 5.27. The van der Waals surface area contributed by atoms with Crippen molar-refractivity contribution in [1.29, 1.82) is 0 Å². The Bertz CT molecular complexity index is 544. The van der Waals surface area contributed by atoms with Gasteiger partial charge in [-0.2, -0.15) is 5.10 Å². The maximum absolute atomic E-state index is 9.49. The number of hydrazone groups is 1. The molecule has 1 aromatic carbocycles. The van der Waals surface area contributed by atoms with Gasteiger partial charge in [0.15, 0.2) is 11.0 Å². The molecule has 0 radical (unpaired) electrons. The van der Waals surface area contributed by atoms with E-state index >= 15 is 0 Å². The van der Waals surface area contributed by atoms with Crippen molar-refractivity contribution in [3.8, 4) is 5.75 Å². The summed E-state index contributed by atoms with van der Waals surface area (Å²) in [5, 5.41) is 13.6. The summed E-state index contributed by atoms with van der Waals surface area (Å²) in [6.45, 7) is 0. The Hall–Kier alpha value is -2.14. The van der Waals surface area contributed by atoms with E-state index in [0.29, 0.717) is 11.4 Å². The highest BCUT2D eigenvalue weighted by Crippen LogP contribution is 2.15. The predicted octanol–water partition coefficient (Wildman–Crippen LogP) is 2.28. The molecule has 0 aliphatic heterocycles.